The average molecular weight is 263 g/mol. The lowest BCUT2D eigenvalue weighted by Gasteiger charge is -2.38. The van der Waals surface area contributed by atoms with Crippen LogP contribution in [0.15, 0.2) is 12.4 Å². The van der Waals surface area contributed by atoms with Gasteiger partial charge < -0.3 is 11.1 Å². The fourth-order valence-corrected chi connectivity index (χ4v) is 2.60. The number of hydrogen-bond donors (Lipinski definition) is 2. The van der Waals surface area contributed by atoms with E-state index in [1.165, 1.54) is 0 Å². The highest BCUT2D eigenvalue weighted by Crippen LogP contribution is 2.28. The summed E-state index contributed by atoms with van der Waals surface area (Å²) < 4.78 is 0. The van der Waals surface area contributed by atoms with Crippen LogP contribution < -0.4 is 11.1 Å². The maximum absolute atomic E-state index is 12.1. The maximum Gasteiger partial charge on any atom is 0.243 e. The predicted octanol–water partition coefficient (Wildman–Crippen LogP) is -0.219. The molecule has 0 spiro atoms. The first-order valence-electron chi connectivity index (χ1n) is 6.60. The minimum atomic E-state index is -0.898. The summed E-state index contributed by atoms with van der Waals surface area (Å²) in [6.45, 7) is 7.11. The zero-order valence-corrected chi connectivity index (χ0v) is 11.5. The summed E-state index contributed by atoms with van der Waals surface area (Å²) in [5, 5.41) is 3.32. The summed E-state index contributed by atoms with van der Waals surface area (Å²) >= 11 is 0. The molecule has 0 aromatic carbocycles. The molecule has 0 bridgehead atoms. The summed E-state index contributed by atoms with van der Waals surface area (Å²) in [6, 6.07) is 0. The highest BCUT2D eigenvalue weighted by Gasteiger charge is 2.42. The fourth-order valence-electron chi connectivity index (χ4n) is 2.60. The molecular weight excluding hydrogens is 242 g/mol. The largest absolute Gasteiger partial charge is 0.368 e. The van der Waals surface area contributed by atoms with Crippen molar-refractivity contribution in [2.45, 2.75) is 25.8 Å². The smallest absolute Gasteiger partial charge is 0.243 e. The molecule has 1 aliphatic rings. The van der Waals surface area contributed by atoms with Crippen molar-refractivity contribution < 1.29 is 4.79 Å². The first kappa shape index (κ1) is 13.9. The molecule has 3 N–H and O–H groups in total. The number of nitrogens with two attached hydrogens (primary N) is 1. The summed E-state index contributed by atoms with van der Waals surface area (Å²) in [4.78, 5) is 22.8. The standard InChI is InChI=1S/C13H21N5O/c1-10-11(17-6-5-16-10)13(2,12(14)19)18-8-3-4-15-7-9-18/h5-6,15H,3-4,7-9H2,1-2H3,(H2,14,19). The molecule has 6 nitrogen and oxygen atoms in total. The molecule has 1 fully saturated rings. The van der Waals surface area contributed by atoms with E-state index in [2.05, 4.69) is 20.2 Å². The molecule has 0 aliphatic carbocycles. The third-order valence-electron chi connectivity index (χ3n) is 3.79. The number of aromatic nitrogens is 2. The van der Waals surface area contributed by atoms with Gasteiger partial charge in [-0.15, -0.1) is 0 Å². The van der Waals surface area contributed by atoms with Gasteiger partial charge >= 0.3 is 0 Å². The van der Waals surface area contributed by atoms with Crippen molar-refractivity contribution in [1.29, 1.82) is 0 Å². The van der Waals surface area contributed by atoms with Crippen LogP contribution in [0, 0.1) is 6.92 Å². The molecule has 6 heteroatoms. The molecule has 1 unspecified atom stereocenters. The van der Waals surface area contributed by atoms with Crippen LogP contribution in [-0.4, -0.2) is 47.0 Å². The highest BCUT2D eigenvalue weighted by molar-refractivity contribution is 5.85. The number of amides is 1. The Balaban J connectivity index is 2.42. The monoisotopic (exact) mass is 263 g/mol. The van der Waals surface area contributed by atoms with E-state index in [1.54, 1.807) is 12.4 Å². The lowest BCUT2D eigenvalue weighted by molar-refractivity contribution is -0.130. The lowest BCUT2D eigenvalue weighted by atomic mass is 9.92. The van der Waals surface area contributed by atoms with E-state index in [0.717, 1.165) is 38.3 Å². The SMILES string of the molecule is Cc1nccnc1C(C)(C(N)=O)N1CCCNCC1. The second-order valence-electron chi connectivity index (χ2n) is 5.02. The van der Waals surface area contributed by atoms with E-state index in [9.17, 15) is 4.79 Å². The Morgan fingerprint density at radius 1 is 1.37 bits per heavy atom. The summed E-state index contributed by atoms with van der Waals surface area (Å²) in [5.74, 6) is -0.377. The van der Waals surface area contributed by atoms with Crippen LogP contribution in [0.5, 0.6) is 0 Å². The molecule has 2 rings (SSSR count). The van der Waals surface area contributed by atoms with Gasteiger partial charge in [-0.2, -0.15) is 0 Å². The number of carbonyl (C=O) groups is 1. The highest BCUT2D eigenvalue weighted by atomic mass is 16.1. The number of aryl methyl sites for hydroxylation is 1. The second-order valence-corrected chi connectivity index (χ2v) is 5.02. The number of hydrogen-bond acceptors (Lipinski definition) is 5. The predicted molar refractivity (Wildman–Crippen MR) is 72.4 cm³/mol. The number of nitrogens with one attached hydrogen (secondary N) is 1. The van der Waals surface area contributed by atoms with Gasteiger partial charge in [0.2, 0.25) is 5.91 Å². The second kappa shape index (κ2) is 5.63. The number of primary amides is 1. The Morgan fingerprint density at radius 2 is 2.11 bits per heavy atom. The number of rotatable bonds is 3. The molecule has 1 aliphatic heterocycles. The van der Waals surface area contributed by atoms with Crippen molar-refractivity contribution in [3.8, 4) is 0 Å². The Morgan fingerprint density at radius 3 is 2.79 bits per heavy atom. The van der Waals surface area contributed by atoms with Crippen LogP contribution in [-0.2, 0) is 10.3 Å². The van der Waals surface area contributed by atoms with Crippen molar-refractivity contribution in [3.63, 3.8) is 0 Å². The summed E-state index contributed by atoms with van der Waals surface area (Å²) in [5.41, 5.74) is 6.19. The van der Waals surface area contributed by atoms with Crippen LogP contribution in [0.3, 0.4) is 0 Å². The molecule has 19 heavy (non-hydrogen) atoms. The Hall–Kier alpha value is -1.53. The van der Waals surface area contributed by atoms with Crippen LogP contribution >= 0.6 is 0 Å². The first-order valence-corrected chi connectivity index (χ1v) is 6.60. The molecule has 104 valence electrons. The zero-order chi connectivity index (χ0) is 13.9. The van der Waals surface area contributed by atoms with E-state index in [-0.39, 0.29) is 5.91 Å². The number of nitrogens with zero attached hydrogens (tertiary/aromatic N) is 3. The zero-order valence-electron chi connectivity index (χ0n) is 11.5. The Kier molecular flexibility index (Phi) is 4.11. The quantitative estimate of drug-likeness (QED) is 0.787. The number of carbonyl (C=O) groups excluding carboxylic acids is 1. The van der Waals surface area contributed by atoms with E-state index >= 15 is 0 Å². The van der Waals surface area contributed by atoms with Gasteiger partial charge in [-0.1, -0.05) is 0 Å². The van der Waals surface area contributed by atoms with E-state index < -0.39 is 5.54 Å². The molecule has 1 amide bonds. The van der Waals surface area contributed by atoms with Crippen molar-refractivity contribution in [3.05, 3.63) is 23.8 Å². The Labute approximate surface area is 113 Å². The van der Waals surface area contributed by atoms with Crippen LogP contribution in [0.4, 0.5) is 0 Å². The van der Waals surface area contributed by atoms with Gasteiger partial charge in [-0.25, -0.2) is 0 Å². The maximum atomic E-state index is 12.1. The average Bonchev–Trinajstić information content (AvgIpc) is 2.67. The molecule has 1 aromatic heterocycles. The van der Waals surface area contributed by atoms with Crippen molar-refractivity contribution >= 4 is 5.91 Å². The molecular formula is C13H21N5O. The minimum absolute atomic E-state index is 0.377. The van der Waals surface area contributed by atoms with Gasteiger partial charge in [0.05, 0.1) is 11.4 Å². The van der Waals surface area contributed by atoms with Crippen molar-refractivity contribution in [1.82, 2.24) is 20.2 Å². The van der Waals surface area contributed by atoms with Gasteiger partial charge in [-0.05, 0) is 26.8 Å². The van der Waals surface area contributed by atoms with Crippen molar-refractivity contribution in [2.75, 3.05) is 26.2 Å². The third kappa shape index (κ3) is 2.59. The Bertz CT molecular complexity index is 456. The molecule has 0 radical (unpaired) electrons. The van der Waals surface area contributed by atoms with Crippen LogP contribution in [0.2, 0.25) is 0 Å². The molecule has 0 saturated carbocycles. The van der Waals surface area contributed by atoms with Gasteiger partial charge in [0.25, 0.3) is 0 Å². The summed E-state index contributed by atoms with van der Waals surface area (Å²) in [7, 11) is 0. The molecule has 1 saturated heterocycles. The fraction of sp³-hybridized carbons (Fsp3) is 0.615. The van der Waals surface area contributed by atoms with E-state index in [1.807, 2.05) is 13.8 Å². The minimum Gasteiger partial charge on any atom is -0.368 e. The van der Waals surface area contributed by atoms with E-state index in [0.29, 0.717) is 5.69 Å². The van der Waals surface area contributed by atoms with Crippen molar-refractivity contribution in [2.24, 2.45) is 5.73 Å². The normalized spacial score (nSPS) is 20.5. The van der Waals surface area contributed by atoms with Gasteiger partial charge in [0, 0.05) is 32.0 Å². The molecule has 1 atom stereocenters. The van der Waals surface area contributed by atoms with Gasteiger partial charge in [0.1, 0.15) is 5.54 Å². The van der Waals surface area contributed by atoms with E-state index in [4.69, 9.17) is 5.73 Å². The topological polar surface area (TPSA) is 84.1 Å². The van der Waals surface area contributed by atoms with Crippen LogP contribution in [0.25, 0.3) is 0 Å². The molecule has 1 aromatic rings. The molecule has 2 heterocycles. The van der Waals surface area contributed by atoms with Gasteiger partial charge in [-0.3, -0.25) is 19.7 Å². The summed E-state index contributed by atoms with van der Waals surface area (Å²) in [6.07, 6.45) is 4.23. The first-order chi connectivity index (χ1) is 9.06. The van der Waals surface area contributed by atoms with Gasteiger partial charge in [0.15, 0.2) is 0 Å². The lowest BCUT2D eigenvalue weighted by Crippen LogP contribution is -2.54. The van der Waals surface area contributed by atoms with Crippen LogP contribution in [0.1, 0.15) is 24.7 Å². The third-order valence-corrected chi connectivity index (χ3v) is 3.79.